The quantitative estimate of drug-likeness (QED) is 0.472. The van der Waals surface area contributed by atoms with Crippen LogP contribution in [0.5, 0.6) is 0 Å². The highest BCUT2D eigenvalue weighted by molar-refractivity contribution is 5.99. The highest BCUT2D eigenvalue weighted by Crippen LogP contribution is 2.18. The summed E-state index contributed by atoms with van der Waals surface area (Å²) in [5.41, 5.74) is -0.943. The van der Waals surface area contributed by atoms with E-state index in [0.29, 0.717) is 0 Å². The molecule has 0 bridgehead atoms. The lowest BCUT2D eigenvalue weighted by Crippen LogP contribution is -2.21. The Labute approximate surface area is 68.7 Å². The number of methoxy groups -OCH3 is 1. The first kappa shape index (κ1) is 11.0. The van der Waals surface area contributed by atoms with E-state index in [1.165, 1.54) is 14.0 Å². The zero-order valence-electron chi connectivity index (χ0n) is 7.07. The first-order valence-electron chi connectivity index (χ1n) is 3.18. The molecule has 70 valence electrons. The molecular formula is C7H10F3NO. The van der Waals surface area contributed by atoms with Gasteiger partial charge in [0.2, 0.25) is 0 Å². The molecule has 0 saturated carbocycles. The Balaban J connectivity index is 4.63. The molecule has 0 aromatic rings. The van der Waals surface area contributed by atoms with Crippen molar-refractivity contribution in [1.29, 1.82) is 0 Å². The summed E-state index contributed by atoms with van der Waals surface area (Å²) in [5.74, 6) is 0.174. The van der Waals surface area contributed by atoms with Crippen LogP contribution in [0.25, 0.3) is 0 Å². The number of ether oxygens (including phenoxy) is 1. The van der Waals surface area contributed by atoms with E-state index in [9.17, 15) is 13.2 Å². The highest BCUT2D eigenvalue weighted by Gasteiger charge is 2.33. The number of rotatable bonds is 2. The minimum absolute atomic E-state index is 0.174. The van der Waals surface area contributed by atoms with E-state index in [0.717, 1.165) is 13.1 Å². The van der Waals surface area contributed by atoms with Crippen LogP contribution in [0, 0.1) is 0 Å². The fourth-order valence-corrected chi connectivity index (χ4v) is 0.525. The summed E-state index contributed by atoms with van der Waals surface area (Å²) in [6.45, 7) is 1.43. The van der Waals surface area contributed by atoms with Crippen LogP contribution in [-0.4, -0.2) is 26.0 Å². The molecule has 5 heteroatoms. The molecule has 12 heavy (non-hydrogen) atoms. The predicted molar refractivity (Wildman–Crippen MR) is 40.2 cm³/mol. The second-order valence-corrected chi connectivity index (χ2v) is 2.07. The number of allylic oxidation sites excluding steroid dienone is 2. The summed E-state index contributed by atoms with van der Waals surface area (Å²) in [5, 5.41) is 0. The van der Waals surface area contributed by atoms with Crippen molar-refractivity contribution in [3.8, 4) is 0 Å². The first-order valence-corrected chi connectivity index (χ1v) is 3.18. The molecule has 0 spiro atoms. The van der Waals surface area contributed by atoms with Crippen molar-refractivity contribution in [3.05, 3.63) is 11.8 Å². The molecule has 0 aliphatic carbocycles. The van der Waals surface area contributed by atoms with Gasteiger partial charge < -0.3 is 4.74 Å². The molecule has 0 saturated heterocycles. The normalized spacial score (nSPS) is 14.8. The van der Waals surface area contributed by atoms with Crippen molar-refractivity contribution < 1.29 is 17.9 Å². The van der Waals surface area contributed by atoms with E-state index in [-0.39, 0.29) is 5.76 Å². The van der Waals surface area contributed by atoms with Crippen molar-refractivity contribution in [2.75, 3.05) is 14.2 Å². The van der Waals surface area contributed by atoms with Crippen molar-refractivity contribution >= 4 is 5.71 Å². The van der Waals surface area contributed by atoms with Gasteiger partial charge in [0.05, 0.1) is 12.9 Å². The summed E-state index contributed by atoms with van der Waals surface area (Å²) in [7, 11) is 2.39. The van der Waals surface area contributed by atoms with Crippen LogP contribution >= 0.6 is 0 Å². The third-order valence-corrected chi connectivity index (χ3v) is 1.19. The van der Waals surface area contributed by atoms with Crippen LogP contribution in [0.2, 0.25) is 0 Å². The molecule has 0 rings (SSSR count). The summed E-state index contributed by atoms with van der Waals surface area (Å²) in [6, 6.07) is 0. The van der Waals surface area contributed by atoms with E-state index in [1.807, 2.05) is 0 Å². The van der Waals surface area contributed by atoms with Gasteiger partial charge in [-0.15, -0.1) is 0 Å². The molecule has 0 aromatic heterocycles. The molecule has 0 heterocycles. The van der Waals surface area contributed by atoms with E-state index in [4.69, 9.17) is 0 Å². The predicted octanol–water partition coefficient (Wildman–Crippen LogP) is 2.17. The Morgan fingerprint density at radius 3 is 2.17 bits per heavy atom. The fourth-order valence-electron chi connectivity index (χ4n) is 0.525. The van der Waals surface area contributed by atoms with Crippen molar-refractivity contribution in [3.63, 3.8) is 0 Å². The largest absolute Gasteiger partial charge is 0.501 e. The summed E-state index contributed by atoms with van der Waals surface area (Å²) in [4.78, 5) is 3.08. The zero-order chi connectivity index (χ0) is 9.78. The van der Waals surface area contributed by atoms with E-state index >= 15 is 0 Å². The Morgan fingerprint density at radius 2 is 1.92 bits per heavy atom. The third-order valence-electron chi connectivity index (χ3n) is 1.19. The molecule has 2 nitrogen and oxygen atoms in total. The minimum atomic E-state index is -4.41. The lowest BCUT2D eigenvalue weighted by atomic mass is 10.3. The van der Waals surface area contributed by atoms with E-state index in [1.54, 1.807) is 0 Å². The number of alkyl halides is 3. The van der Waals surface area contributed by atoms with Crippen LogP contribution in [0.4, 0.5) is 13.2 Å². The van der Waals surface area contributed by atoms with Gasteiger partial charge in [-0.1, -0.05) is 0 Å². The van der Waals surface area contributed by atoms with Crippen molar-refractivity contribution in [2.45, 2.75) is 13.1 Å². The van der Waals surface area contributed by atoms with Gasteiger partial charge in [0.15, 0.2) is 0 Å². The van der Waals surface area contributed by atoms with Gasteiger partial charge in [-0.05, 0) is 6.92 Å². The lowest BCUT2D eigenvalue weighted by molar-refractivity contribution is -0.0579. The van der Waals surface area contributed by atoms with Gasteiger partial charge in [0.1, 0.15) is 5.71 Å². The molecule has 0 radical (unpaired) electrons. The Morgan fingerprint density at radius 1 is 1.42 bits per heavy atom. The van der Waals surface area contributed by atoms with Gasteiger partial charge in [0, 0.05) is 13.1 Å². The maximum absolute atomic E-state index is 12.0. The minimum Gasteiger partial charge on any atom is -0.501 e. The molecule has 0 aliphatic rings. The number of halogens is 3. The van der Waals surface area contributed by atoms with Crippen LogP contribution < -0.4 is 0 Å². The molecule has 0 fully saturated rings. The summed E-state index contributed by atoms with van der Waals surface area (Å²) in [6.07, 6.45) is -3.56. The second kappa shape index (κ2) is 4.13. The van der Waals surface area contributed by atoms with Gasteiger partial charge in [-0.2, -0.15) is 13.2 Å². The topological polar surface area (TPSA) is 21.6 Å². The smallest absolute Gasteiger partial charge is 0.433 e. The van der Waals surface area contributed by atoms with Crippen LogP contribution in [-0.2, 0) is 4.74 Å². The first-order chi connectivity index (χ1) is 5.41. The molecule has 0 amide bonds. The molecule has 0 aliphatic heterocycles. The number of aliphatic imine (C=N–C) groups is 1. The Kier molecular flexibility index (Phi) is 3.79. The molecule has 0 aromatic carbocycles. The third kappa shape index (κ3) is 3.41. The SMILES string of the molecule is CN=C(/C=C(/C)OC)C(F)(F)F. The van der Waals surface area contributed by atoms with Gasteiger partial charge in [-0.3, -0.25) is 4.99 Å². The summed E-state index contributed by atoms with van der Waals surface area (Å²) < 4.78 is 40.5. The number of hydrogen-bond donors (Lipinski definition) is 0. The van der Waals surface area contributed by atoms with E-state index in [2.05, 4.69) is 9.73 Å². The van der Waals surface area contributed by atoms with Crippen molar-refractivity contribution in [1.82, 2.24) is 0 Å². The van der Waals surface area contributed by atoms with Crippen molar-refractivity contribution in [2.24, 2.45) is 4.99 Å². The second-order valence-electron chi connectivity index (χ2n) is 2.07. The van der Waals surface area contributed by atoms with Crippen LogP contribution in [0.15, 0.2) is 16.8 Å². The average Bonchev–Trinajstić information content (AvgIpc) is 1.97. The van der Waals surface area contributed by atoms with Gasteiger partial charge >= 0.3 is 6.18 Å². The van der Waals surface area contributed by atoms with Gasteiger partial charge in [0.25, 0.3) is 0 Å². The maximum Gasteiger partial charge on any atom is 0.433 e. The number of hydrogen-bond acceptors (Lipinski definition) is 2. The summed E-state index contributed by atoms with van der Waals surface area (Å²) >= 11 is 0. The monoisotopic (exact) mass is 181 g/mol. The van der Waals surface area contributed by atoms with E-state index < -0.39 is 11.9 Å². The standard InChI is InChI=1S/C7H10F3NO/c1-5(12-3)4-6(11-2)7(8,9)10/h4H,1-3H3/b5-4-,11-6?. The Bertz CT molecular complexity index is 205. The van der Waals surface area contributed by atoms with Crippen LogP contribution in [0.1, 0.15) is 6.92 Å². The molecular weight excluding hydrogens is 171 g/mol. The highest BCUT2D eigenvalue weighted by atomic mass is 19.4. The lowest BCUT2D eigenvalue weighted by Gasteiger charge is -2.06. The Hall–Kier alpha value is -1.00. The van der Waals surface area contributed by atoms with Gasteiger partial charge in [-0.25, -0.2) is 0 Å². The maximum atomic E-state index is 12.0. The van der Waals surface area contributed by atoms with Crippen LogP contribution in [0.3, 0.4) is 0 Å². The number of nitrogens with zero attached hydrogens (tertiary/aromatic N) is 1. The fraction of sp³-hybridized carbons (Fsp3) is 0.571. The molecule has 0 unspecified atom stereocenters. The zero-order valence-corrected chi connectivity index (χ0v) is 7.07. The molecule has 0 atom stereocenters. The molecule has 0 N–H and O–H groups in total. The average molecular weight is 181 g/mol.